The quantitative estimate of drug-likeness (QED) is 0.417. The average Bonchev–Trinajstić information content (AvgIpc) is 2.67. The van der Waals surface area contributed by atoms with Crippen LogP contribution in [0.15, 0.2) is 53.6 Å². The number of nitrogens with one attached hydrogen (secondary N) is 1. The highest BCUT2D eigenvalue weighted by atomic mass is 35.5. The molecule has 0 bridgehead atoms. The van der Waals surface area contributed by atoms with E-state index >= 15 is 0 Å². The van der Waals surface area contributed by atoms with E-state index < -0.39 is 5.91 Å². The molecule has 2 aromatic carbocycles. The minimum atomic E-state index is -0.459. The van der Waals surface area contributed by atoms with E-state index in [2.05, 4.69) is 15.5 Å². The first-order chi connectivity index (χ1) is 13.1. The van der Waals surface area contributed by atoms with Gasteiger partial charge in [0.25, 0.3) is 5.91 Å². The number of ether oxygens (including phenoxy) is 1. The van der Waals surface area contributed by atoms with E-state index in [9.17, 15) is 4.79 Å². The van der Waals surface area contributed by atoms with Gasteiger partial charge in [-0.15, -0.1) is 0 Å². The molecule has 0 saturated carbocycles. The van der Waals surface area contributed by atoms with Gasteiger partial charge in [-0.05, 0) is 36.8 Å². The van der Waals surface area contributed by atoms with Gasteiger partial charge in [-0.25, -0.2) is 10.4 Å². The molecule has 3 rings (SSSR count). The zero-order valence-corrected chi connectivity index (χ0v) is 15.2. The average molecular weight is 379 g/mol. The Labute approximate surface area is 161 Å². The van der Waals surface area contributed by atoms with Gasteiger partial charge in [0, 0.05) is 10.9 Å². The van der Waals surface area contributed by atoms with Crippen molar-refractivity contribution in [2.45, 2.75) is 6.92 Å². The van der Waals surface area contributed by atoms with Gasteiger partial charge in [0.1, 0.15) is 17.0 Å². The largest absolute Gasteiger partial charge is 0.482 e. The van der Waals surface area contributed by atoms with Crippen LogP contribution in [0.25, 0.3) is 10.9 Å². The van der Waals surface area contributed by atoms with Crippen LogP contribution in [-0.2, 0) is 4.79 Å². The molecule has 134 valence electrons. The lowest BCUT2D eigenvalue weighted by Crippen LogP contribution is -2.24. The summed E-state index contributed by atoms with van der Waals surface area (Å²) < 4.78 is 5.34. The number of nitriles is 1. The van der Waals surface area contributed by atoms with Crippen molar-refractivity contribution in [1.82, 2.24) is 10.4 Å². The number of hydrogen-bond acceptors (Lipinski definition) is 5. The highest BCUT2D eigenvalue weighted by Crippen LogP contribution is 2.20. The van der Waals surface area contributed by atoms with E-state index in [1.807, 2.05) is 37.3 Å². The van der Waals surface area contributed by atoms with Gasteiger partial charge in [0.05, 0.1) is 17.3 Å². The van der Waals surface area contributed by atoms with Gasteiger partial charge in [0.2, 0.25) is 0 Å². The van der Waals surface area contributed by atoms with Crippen molar-refractivity contribution in [1.29, 1.82) is 5.26 Å². The predicted octanol–water partition coefficient (Wildman–Crippen LogP) is 3.60. The molecule has 6 nitrogen and oxygen atoms in total. The number of nitrogens with zero attached hydrogens (tertiary/aromatic N) is 3. The molecule has 1 amide bonds. The van der Waals surface area contributed by atoms with Gasteiger partial charge in [0.15, 0.2) is 6.61 Å². The standard InChI is InChI=1S/C20H15ClN4O2/c1-13-6-7-14-9-16(20(21)24-17(14)8-13)11-23-25-19(26)12-27-18-5-3-2-4-15(18)10-22/h2-9,11H,12H2,1H3,(H,25,26)/b23-11-. The summed E-state index contributed by atoms with van der Waals surface area (Å²) in [6.45, 7) is 1.72. The molecule has 0 aliphatic heterocycles. The molecule has 0 unspecified atom stereocenters. The second-order valence-electron chi connectivity index (χ2n) is 5.75. The number of carbonyl (C=O) groups is 1. The third-order valence-corrected chi connectivity index (χ3v) is 4.02. The number of hydrogen-bond donors (Lipinski definition) is 1. The lowest BCUT2D eigenvalue weighted by molar-refractivity contribution is -0.123. The summed E-state index contributed by atoms with van der Waals surface area (Å²) in [7, 11) is 0. The van der Waals surface area contributed by atoms with E-state index in [0.717, 1.165) is 16.5 Å². The Morgan fingerprint density at radius 2 is 2.15 bits per heavy atom. The Kier molecular flexibility index (Phi) is 5.64. The number of aromatic nitrogens is 1. The van der Waals surface area contributed by atoms with Crippen molar-refractivity contribution in [3.05, 3.63) is 70.4 Å². The Hall–Kier alpha value is -3.43. The van der Waals surface area contributed by atoms with Crippen LogP contribution in [0.2, 0.25) is 5.15 Å². The fourth-order valence-corrected chi connectivity index (χ4v) is 2.59. The topological polar surface area (TPSA) is 87.4 Å². The maximum Gasteiger partial charge on any atom is 0.277 e. The Bertz CT molecular complexity index is 1070. The molecule has 3 aromatic rings. The molecule has 0 atom stereocenters. The molecular weight excluding hydrogens is 364 g/mol. The number of halogens is 1. The first kappa shape index (κ1) is 18.4. The predicted molar refractivity (Wildman–Crippen MR) is 104 cm³/mol. The number of amides is 1. The van der Waals surface area contributed by atoms with E-state index in [4.69, 9.17) is 21.6 Å². The van der Waals surface area contributed by atoms with Crippen LogP contribution in [0.3, 0.4) is 0 Å². The summed E-state index contributed by atoms with van der Waals surface area (Å²) in [6.07, 6.45) is 1.43. The molecule has 1 heterocycles. The van der Waals surface area contributed by atoms with E-state index in [1.54, 1.807) is 24.3 Å². The molecule has 27 heavy (non-hydrogen) atoms. The van der Waals surface area contributed by atoms with Gasteiger partial charge < -0.3 is 4.74 Å². The van der Waals surface area contributed by atoms with Crippen molar-refractivity contribution < 1.29 is 9.53 Å². The fourth-order valence-electron chi connectivity index (χ4n) is 2.39. The number of hydrazone groups is 1. The SMILES string of the molecule is Cc1ccc2cc(/C=N\NC(=O)COc3ccccc3C#N)c(Cl)nc2c1. The molecule has 0 aliphatic carbocycles. The van der Waals surface area contributed by atoms with Crippen molar-refractivity contribution >= 4 is 34.6 Å². The molecule has 0 spiro atoms. The summed E-state index contributed by atoms with van der Waals surface area (Å²) in [4.78, 5) is 16.2. The number of para-hydroxylation sites is 1. The van der Waals surface area contributed by atoms with Crippen LogP contribution < -0.4 is 10.2 Å². The van der Waals surface area contributed by atoms with Crippen molar-refractivity contribution in [2.24, 2.45) is 5.10 Å². The molecule has 0 saturated heterocycles. The van der Waals surface area contributed by atoms with Crippen LogP contribution in [0.4, 0.5) is 0 Å². The molecule has 0 aliphatic rings. The van der Waals surface area contributed by atoms with Crippen LogP contribution in [0.1, 0.15) is 16.7 Å². The van der Waals surface area contributed by atoms with Crippen LogP contribution >= 0.6 is 11.6 Å². The van der Waals surface area contributed by atoms with Gasteiger partial charge in [-0.2, -0.15) is 10.4 Å². The Balaban J connectivity index is 1.62. The number of pyridine rings is 1. The second kappa shape index (κ2) is 8.30. The fraction of sp³-hybridized carbons (Fsp3) is 0.100. The van der Waals surface area contributed by atoms with Gasteiger partial charge in [-0.3, -0.25) is 4.79 Å². The number of benzene rings is 2. The third-order valence-electron chi connectivity index (χ3n) is 3.71. The van der Waals surface area contributed by atoms with Crippen molar-refractivity contribution in [3.63, 3.8) is 0 Å². The monoisotopic (exact) mass is 378 g/mol. The highest BCUT2D eigenvalue weighted by molar-refractivity contribution is 6.32. The lowest BCUT2D eigenvalue weighted by atomic mass is 10.1. The van der Waals surface area contributed by atoms with E-state index in [1.165, 1.54) is 6.21 Å². The zero-order valence-electron chi connectivity index (χ0n) is 14.4. The Morgan fingerprint density at radius 3 is 2.96 bits per heavy atom. The van der Waals surface area contributed by atoms with E-state index in [0.29, 0.717) is 22.0 Å². The maximum absolute atomic E-state index is 11.9. The second-order valence-corrected chi connectivity index (χ2v) is 6.11. The van der Waals surface area contributed by atoms with Gasteiger partial charge >= 0.3 is 0 Å². The lowest BCUT2D eigenvalue weighted by Gasteiger charge is -2.06. The summed E-state index contributed by atoms with van der Waals surface area (Å²) >= 11 is 6.18. The number of fused-ring (bicyclic) bond motifs is 1. The number of carbonyl (C=O) groups excluding carboxylic acids is 1. The van der Waals surface area contributed by atoms with Crippen LogP contribution in [0, 0.1) is 18.3 Å². The first-order valence-corrected chi connectivity index (χ1v) is 8.45. The molecule has 1 N–H and O–H groups in total. The minimum Gasteiger partial charge on any atom is -0.482 e. The first-order valence-electron chi connectivity index (χ1n) is 8.07. The summed E-state index contributed by atoms with van der Waals surface area (Å²) in [5, 5.41) is 14.1. The zero-order chi connectivity index (χ0) is 19.2. The highest BCUT2D eigenvalue weighted by Gasteiger charge is 2.06. The van der Waals surface area contributed by atoms with Gasteiger partial charge in [-0.1, -0.05) is 35.9 Å². The van der Waals surface area contributed by atoms with E-state index in [-0.39, 0.29) is 6.61 Å². The van der Waals surface area contributed by atoms with Crippen LogP contribution in [-0.4, -0.2) is 23.7 Å². The summed E-state index contributed by atoms with van der Waals surface area (Å²) in [6, 6.07) is 16.4. The Morgan fingerprint density at radius 1 is 1.33 bits per heavy atom. The molecule has 7 heteroatoms. The smallest absolute Gasteiger partial charge is 0.277 e. The van der Waals surface area contributed by atoms with Crippen molar-refractivity contribution in [3.8, 4) is 11.8 Å². The number of aryl methyl sites for hydroxylation is 1. The molecule has 0 fully saturated rings. The molecule has 0 radical (unpaired) electrons. The third kappa shape index (κ3) is 4.60. The van der Waals surface area contributed by atoms with Crippen LogP contribution in [0.5, 0.6) is 5.75 Å². The summed E-state index contributed by atoms with van der Waals surface area (Å²) in [5.41, 5.74) is 5.20. The molecular formula is C20H15ClN4O2. The molecule has 1 aromatic heterocycles. The maximum atomic E-state index is 11.9. The minimum absolute atomic E-state index is 0.265. The normalized spacial score (nSPS) is 10.7. The summed E-state index contributed by atoms with van der Waals surface area (Å²) in [5.74, 6) is -0.115. The number of rotatable bonds is 5. The van der Waals surface area contributed by atoms with Crippen molar-refractivity contribution in [2.75, 3.05) is 6.61 Å².